The van der Waals surface area contributed by atoms with Crippen LogP contribution in [0.5, 0.6) is 11.5 Å². The summed E-state index contributed by atoms with van der Waals surface area (Å²) in [7, 11) is 3.15. The summed E-state index contributed by atoms with van der Waals surface area (Å²) in [6.07, 6.45) is 0. The number of hydrogen-bond donors (Lipinski definition) is 2. The van der Waals surface area contributed by atoms with E-state index in [1.807, 2.05) is 18.2 Å². The molecule has 1 aliphatic rings. The highest BCUT2D eigenvalue weighted by atomic mass is 16.5. The van der Waals surface area contributed by atoms with Gasteiger partial charge in [0.2, 0.25) is 0 Å². The van der Waals surface area contributed by atoms with E-state index in [0.29, 0.717) is 35.1 Å². The van der Waals surface area contributed by atoms with E-state index in [4.69, 9.17) is 13.9 Å². The van der Waals surface area contributed by atoms with Crippen molar-refractivity contribution in [2.24, 2.45) is 0 Å². The summed E-state index contributed by atoms with van der Waals surface area (Å²) >= 11 is 0. The van der Waals surface area contributed by atoms with Gasteiger partial charge >= 0.3 is 0 Å². The second-order valence-corrected chi connectivity index (χ2v) is 10.2. The lowest BCUT2D eigenvalue weighted by Crippen LogP contribution is -2.47. The SMILES string of the molecule is COc1ccc(CNC(=O)c2ccc(N3CCN(c4ccccc4C)CC3)c(NC(=O)c3ccc(C)o3)c2)cc1OC. The van der Waals surface area contributed by atoms with Gasteiger partial charge in [0.25, 0.3) is 11.8 Å². The maximum absolute atomic E-state index is 13.2. The molecule has 1 saturated heterocycles. The van der Waals surface area contributed by atoms with Gasteiger partial charge in [0.15, 0.2) is 17.3 Å². The molecule has 1 fully saturated rings. The molecule has 0 atom stereocenters. The molecule has 3 aromatic carbocycles. The maximum Gasteiger partial charge on any atom is 0.291 e. The molecule has 9 heteroatoms. The highest BCUT2D eigenvalue weighted by Crippen LogP contribution is 2.31. The van der Waals surface area contributed by atoms with E-state index in [0.717, 1.165) is 37.4 Å². The first-order chi connectivity index (χ1) is 20.4. The van der Waals surface area contributed by atoms with Crippen molar-refractivity contribution in [3.63, 3.8) is 0 Å². The van der Waals surface area contributed by atoms with E-state index in [2.05, 4.69) is 51.6 Å². The zero-order valence-corrected chi connectivity index (χ0v) is 24.4. The Morgan fingerprint density at radius 3 is 2.17 bits per heavy atom. The third kappa shape index (κ3) is 6.35. The molecule has 1 aromatic heterocycles. The lowest BCUT2D eigenvalue weighted by atomic mass is 10.1. The molecule has 218 valence electrons. The molecule has 0 unspecified atom stereocenters. The van der Waals surface area contributed by atoms with E-state index < -0.39 is 0 Å². The summed E-state index contributed by atoms with van der Waals surface area (Å²) in [6, 6.07) is 22.7. The zero-order chi connectivity index (χ0) is 29.6. The molecule has 0 bridgehead atoms. The first-order valence-electron chi connectivity index (χ1n) is 13.9. The monoisotopic (exact) mass is 568 g/mol. The molecule has 2 heterocycles. The summed E-state index contributed by atoms with van der Waals surface area (Å²) < 4.78 is 16.2. The Hall–Kier alpha value is -4.92. The summed E-state index contributed by atoms with van der Waals surface area (Å²) in [5.41, 5.74) is 5.19. The normalized spacial score (nSPS) is 13.0. The summed E-state index contributed by atoms with van der Waals surface area (Å²) in [6.45, 7) is 7.42. The largest absolute Gasteiger partial charge is 0.493 e. The number of furan rings is 1. The average Bonchev–Trinajstić information content (AvgIpc) is 3.46. The third-order valence-electron chi connectivity index (χ3n) is 7.45. The lowest BCUT2D eigenvalue weighted by Gasteiger charge is -2.38. The minimum Gasteiger partial charge on any atom is -0.493 e. The molecule has 0 radical (unpaired) electrons. The fourth-order valence-corrected chi connectivity index (χ4v) is 5.18. The number of nitrogens with zero attached hydrogens (tertiary/aromatic N) is 2. The fraction of sp³-hybridized carbons (Fsp3) is 0.273. The highest BCUT2D eigenvalue weighted by Gasteiger charge is 2.23. The van der Waals surface area contributed by atoms with Crippen LogP contribution in [0, 0.1) is 13.8 Å². The quantitative estimate of drug-likeness (QED) is 0.278. The fourth-order valence-electron chi connectivity index (χ4n) is 5.18. The standard InChI is InChI=1S/C33H36N4O5/c1-22-7-5-6-8-27(22)36-15-17-37(18-16-36)28-12-11-25(20-26(28)35-33(39)30-13-9-23(2)42-30)32(38)34-21-24-10-14-29(40-3)31(19-24)41-4/h5-14,19-20H,15-18,21H2,1-4H3,(H,34,38)(H,35,39). The molecular formula is C33H36N4O5. The minimum absolute atomic E-state index is 0.214. The second kappa shape index (κ2) is 12.7. The number of ether oxygens (including phenoxy) is 2. The van der Waals surface area contributed by atoms with Gasteiger partial charge in [-0.25, -0.2) is 0 Å². The minimum atomic E-state index is -0.370. The second-order valence-electron chi connectivity index (χ2n) is 10.2. The van der Waals surface area contributed by atoms with Crippen LogP contribution < -0.4 is 29.9 Å². The zero-order valence-electron chi connectivity index (χ0n) is 24.4. The van der Waals surface area contributed by atoms with Crippen molar-refractivity contribution >= 4 is 28.9 Å². The summed E-state index contributed by atoms with van der Waals surface area (Å²) in [5.74, 6) is 1.45. The Morgan fingerprint density at radius 2 is 1.50 bits per heavy atom. The average molecular weight is 569 g/mol. The first-order valence-corrected chi connectivity index (χ1v) is 13.9. The molecule has 0 spiro atoms. The van der Waals surface area contributed by atoms with Crippen molar-refractivity contribution in [3.05, 3.63) is 101 Å². The van der Waals surface area contributed by atoms with E-state index in [1.54, 1.807) is 51.5 Å². The Bertz CT molecular complexity index is 1570. The molecule has 0 aliphatic carbocycles. The van der Waals surface area contributed by atoms with Gasteiger partial charge in [0, 0.05) is 44.0 Å². The number of nitrogens with one attached hydrogen (secondary N) is 2. The van der Waals surface area contributed by atoms with Crippen LogP contribution in [0.4, 0.5) is 17.1 Å². The number of methoxy groups -OCH3 is 2. The van der Waals surface area contributed by atoms with E-state index in [9.17, 15) is 9.59 Å². The van der Waals surface area contributed by atoms with Crippen molar-refractivity contribution in [1.82, 2.24) is 5.32 Å². The number of piperazine rings is 1. The van der Waals surface area contributed by atoms with Crippen LogP contribution in [-0.2, 0) is 6.54 Å². The lowest BCUT2D eigenvalue weighted by molar-refractivity contribution is 0.0949. The first kappa shape index (κ1) is 28.6. The number of rotatable bonds is 9. The number of carbonyl (C=O) groups excluding carboxylic acids is 2. The summed E-state index contributed by atoms with van der Waals surface area (Å²) in [5, 5.41) is 5.95. The molecule has 42 heavy (non-hydrogen) atoms. The van der Waals surface area contributed by atoms with Crippen molar-refractivity contribution in [3.8, 4) is 11.5 Å². The van der Waals surface area contributed by atoms with Gasteiger partial charge in [-0.05, 0) is 73.5 Å². The van der Waals surface area contributed by atoms with Gasteiger partial charge < -0.3 is 34.3 Å². The number of carbonyl (C=O) groups is 2. The van der Waals surface area contributed by atoms with Crippen LogP contribution >= 0.6 is 0 Å². The van der Waals surface area contributed by atoms with Gasteiger partial charge in [-0.2, -0.15) is 0 Å². The van der Waals surface area contributed by atoms with Gasteiger partial charge in [-0.3, -0.25) is 9.59 Å². The molecule has 0 saturated carbocycles. The Morgan fingerprint density at radius 1 is 0.786 bits per heavy atom. The smallest absolute Gasteiger partial charge is 0.291 e. The van der Waals surface area contributed by atoms with Crippen LogP contribution in [0.3, 0.4) is 0 Å². The van der Waals surface area contributed by atoms with Crippen molar-refractivity contribution < 1.29 is 23.5 Å². The Kier molecular flexibility index (Phi) is 8.66. The van der Waals surface area contributed by atoms with E-state index in [-0.39, 0.29) is 17.6 Å². The van der Waals surface area contributed by atoms with Crippen LogP contribution in [0.1, 0.15) is 37.8 Å². The molecular weight excluding hydrogens is 532 g/mol. The van der Waals surface area contributed by atoms with Gasteiger partial charge in [-0.15, -0.1) is 0 Å². The number of para-hydroxylation sites is 1. The van der Waals surface area contributed by atoms with Gasteiger partial charge in [-0.1, -0.05) is 24.3 Å². The maximum atomic E-state index is 13.2. The number of benzene rings is 3. The number of hydrogen-bond acceptors (Lipinski definition) is 7. The highest BCUT2D eigenvalue weighted by molar-refractivity contribution is 6.05. The molecule has 5 rings (SSSR count). The van der Waals surface area contributed by atoms with Gasteiger partial charge in [0.1, 0.15) is 5.76 Å². The third-order valence-corrected chi connectivity index (χ3v) is 7.45. The van der Waals surface area contributed by atoms with Crippen LogP contribution in [0.25, 0.3) is 0 Å². The van der Waals surface area contributed by atoms with Crippen LogP contribution in [-0.4, -0.2) is 52.2 Å². The number of anilines is 3. The number of aryl methyl sites for hydroxylation is 2. The predicted octanol–water partition coefficient (Wildman–Crippen LogP) is 5.42. The Balaban J connectivity index is 1.34. The number of amides is 2. The van der Waals surface area contributed by atoms with Crippen molar-refractivity contribution in [2.75, 3.05) is 55.5 Å². The van der Waals surface area contributed by atoms with Crippen molar-refractivity contribution in [2.45, 2.75) is 20.4 Å². The van der Waals surface area contributed by atoms with Crippen molar-refractivity contribution in [1.29, 1.82) is 0 Å². The van der Waals surface area contributed by atoms with E-state index in [1.165, 1.54) is 11.3 Å². The van der Waals surface area contributed by atoms with Gasteiger partial charge in [0.05, 0.1) is 25.6 Å². The topological polar surface area (TPSA) is 96.3 Å². The van der Waals surface area contributed by atoms with Crippen LogP contribution in [0.15, 0.2) is 77.2 Å². The predicted molar refractivity (Wildman–Crippen MR) is 164 cm³/mol. The summed E-state index contributed by atoms with van der Waals surface area (Å²) in [4.78, 5) is 30.9. The molecule has 2 N–H and O–H groups in total. The molecule has 2 amide bonds. The Labute approximate surface area is 246 Å². The van der Waals surface area contributed by atoms with Crippen LogP contribution in [0.2, 0.25) is 0 Å². The molecule has 1 aliphatic heterocycles. The molecule has 9 nitrogen and oxygen atoms in total. The van der Waals surface area contributed by atoms with E-state index >= 15 is 0 Å². The molecule has 4 aromatic rings.